The van der Waals surface area contributed by atoms with E-state index < -0.39 is 0 Å². The lowest BCUT2D eigenvalue weighted by atomic mass is 10.0. The Morgan fingerprint density at radius 2 is 2.11 bits per heavy atom. The van der Waals surface area contributed by atoms with Gasteiger partial charge in [0.25, 0.3) is 0 Å². The molecule has 0 aromatic carbocycles. The Labute approximate surface area is 115 Å². The molecule has 0 bridgehead atoms. The number of hydrogen-bond donors (Lipinski definition) is 1. The molecule has 1 N–H and O–H groups in total. The highest BCUT2D eigenvalue weighted by Gasteiger charge is 2.20. The summed E-state index contributed by atoms with van der Waals surface area (Å²) < 4.78 is 2.02. The molecule has 106 valence electrons. The van der Waals surface area contributed by atoms with Crippen molar-refractivity contribution in [3.63, 3.8) is 0 Å². The highest BCUT2D eigenvalue weighted by molar-refractivity contribution is 5.78. The Hall–Kier alpha value is -1.36. The second kappa shape index (κ2) is 5.74. The van der Waals surface area contributed by atoms with Crippen LogP contribution in [0.15, 0.2) is 6.20 Å². The maximum Gasteiger partial charge on any atom is 0.234 e. The lowest BCUT2D eigenvalue weighted by molar-refractivity contribution is -0.124. The molecule has 2 heterocycles. The summed E-state index contributed by atoms with van der Waals surface area (Å²) in [5.41, 5.74) is 2.40. The van der Waals surface area contributed by atoms with Gasteiger partial charge in [-0.05, 0) is 25.3 Å². The predicted molar refractivity (Wildman–Crippen MR) is 75.0 cm³/mol. The van der Waals surface area contributed by atoms with Crippen LogP contribution in [0.2, 0.25) is 0 Å². The molecule has 0 unspecified atom stereocenters. The summed E-state index contributed by atoms with van der Waals surface area (Å²) in [5, 5.41) is 7.55. The van der Waals surface area contributed by atoms with Crippen molar-refractivity contribution in [3.05, 3.63) is 17.5 Å². The van der Waals surface area contributed by atoms with Gasteiger partial charge in [0.1, 0.15) is 0 Å². The average Bonchev–Trinajstić information content (AvgIpc) is 2.73. The van der Waals surface area contributed by atoms with E-state index in [1.54, 1.807) is 0 Å². The van der Waals surface area contributed by atoms with Crippen molar-refractivity contribution in [1.29, 1.82) is 0 Å². The van der Waals surface area contributed by atoms with Gasteiger partial charge < -0.3 is 5.32 Å². The normalized spacial score (nSPS) is 17.3. The predicted octanol–water partition coefficient (Wildman–Crippen LogP) is 1.52. The zero-order valence-electron chi connectivity index (χ0n) is 12.3. The van der Waals surface area contributed by atoms with E-state index in [9.17, 15) is 4.79 Å². The Morgan fingerprint density at radius 1 is 1.37 bits per heavy atom. The van der Waals surface area contributed by atoms with Gasteiger partial charge >= 0.3 is 0 Å². The molecule has 0 aliphatic carbocycles. The van der Waals surface area contributed by atoms with Crippen LogP contribution in [0.3, 0.4) is 0 Å². The standard InChI is InChI=1S/C14H24N4O/c1-10(2)12-7-18(11(3)4)16-13(12)8-17-6-5-15-14(19)9-17/h7,10-11H,5-6,8-9H2,1-4H3,(H,15,19). The second-order valence-corrected chi connectivity index (χ2v) is 5.82. The van der Waals surface area contributed by atoms with E-state index in [1.807, 2.05) is 4.68 Å². The first-order valence-electron chi connectivity index (χ1n) is 7.04. The van der Waals surface area contributed by atoms with Gasteiger partial charge in [0, 0.05) is 31.9 Å². The molecule has 0 radical (unpaired) electrons. The Kier molecular flexibility index (Phi) is 4.24. The molecule has 2 rings (SSSR count). The summed E-state index contributed by atoms with van der Waals surface area (Å²) in [6, 6.07) is 0.371. The monoisotopic (exact) mass is 264 g/mol. The first kappa shape index (κ1) is 14.1. The third kappa shape index (κ3) is 3.35. The topological polar surface area (TPSA) is 50.2 Å². The summed E-state index contributed by atoms with van der Waals surface area (Å²) in [6.07, 6.45) is 2.15. The zero-order valence-corrected chi connectivity index (χ0v) is 12.3. The summed E-state index contributed by atoms with van der Waals surface area (Å²) in [6.45, 7) is 11.5. The van der Waals surface area contributed by atoms with Crippen LogP contribution >= 0.6 is 0 Å². The van der Waals surface area contributed by atoms with Gasteiger partial charge in [0.15, 0.2) is 0 Å². The number of amides is 1. The SMILES string of the molecule is CC(C)c1cn(C(C)C)nc1CN1CCNC(=O)C1. The maximum atomic E-state index is 11.4. The average molecular weight is 264 g/mol. The number of carbonyl (C=O) groups excluding carboxylic acids is 1. The zero-order chi connectivity index (χ0) is 14.0. The molecular weight excluding hydrogens is 240 g/mol. The summed E-state index contributed by atoms with van der Waals surface area (Å²) in [7, 11) is 0. The number of hydrogen-bond acceptors (Lipinski definition) is 3. The van der Waals surface area contributed by atoms with Gasteiger partial charge in [0.2, 0.25) is 5.91 Å². The minimum absolute atomic E-state index is 0.112. The lowest BCUT2D eigenvalue weighted by Gasteiger charge is -2.26. The molecule has 19 heavy (non-hydrogen) atoms. The van der Waals surface area contributed by atoms with Crippen molar-refractivity contribution in [2.45, 2.75) is 46.2 Å². The molecule has 1 amide bonds. The van der Waals surface area contributed by atoms with Crippen molar-refractivity contribution in [2.24, 2.45) is 0 Å². The molecular formula is C14H24N4O. The van der Waals surface area contributed by atoms with Gasteiger partial charge in [-0.2, -0.15) is 5.10 Å². The van der Waals surface area contributed by atoms with Crippen molar-refractivity contribution in [3.8, 4) is 0 Å². The highest BCUT2D eigenvalue weighted by atomic mass is 16.2. The maximum absolute atomic E-state index is 11.4. The number of rotatable bonds is 4. The second-order valence-electron chi connectivity index (χ2n) is 5.82. The molecule has 1 aromatic heterocycles. The van der Waals surface area contributed by atoms with Crippen LogP contribution in [0.1, 0.15) is 50.9 Å². The number of carbonyl (C=O) groups is 1. The van der Waals surface area contributed by atoms with Gasteiger partial charge in [-0.1, -0.05) is 13.8 Å². The molecule has 0 atom stereocenters. The Balaban J connectivity index is 2.16. The molecule has 1 aliphatic heterocycles. The van der Waals surface area contributed by atoms with E-state index in [0.717, 1.165) is 25.3 Å². The van der Waals surface area contributed by atoms with Crippen molar-refractivity contribution in [1.82, 2.24) is 20.0 Å². The molecule has 0 spiro atoms. The highest BCUT2D eigenvalue weighted by Crippen LogP contribution is 2.21. The first-order valence-corrected chi connectivity index (χ1v) is 7.04. The van der Waals surface area contributed by atoms with E-state index in [2.05, 4.69) is 44.1 Å². The fraction of sp³-hybridized carbons (Fsp3) is 0.714. The molecule has 1 aliphatic rings. The van der Waals surface area contributed by atoms with E-state index in [0.29, 0.717) is 18.5 Å². The molecule has 5 heteroatoms. The number of piperazine rings is 1. The first-order chi connectivity index (χ1) is 8.97. The fourth-order valence-electron chi connectivity index (χ4n) is 2.35. The molecule has 1 saturated heterocycles. The smallest absolute Gasteiger partial charge is 0.234 e. The Morgan fingerprint density at radius 3 is 2.68 bits per heavy atom. The number of nitrogens with zero attached hydrogens (tertiary/aromatic N) is 3. The molecule has 0 saturated carbocycles. The molecule has 5 nitrogen and oxygen atoms in total. The van der Waals surface area contributed by atoms with Crippen LogP contribution in [-0.4, -0.2) is 40.2 Å². The van der Waals surface area contributed by atoms with E-state index >= 15 is 0 Å². The van der Waals surface area contributed by atoms with Crippen LogP contribution in [0.25, 0.3) is 0 Å². The molecule has 1 aromatic rings. The van der Waals surface area contributed by atoms with E-state index in [1.165, 1.54) is 5.56 Å². The number of aromatic nitrogens is 2. The van der Waals surface area contributed by atoms with Crippen LogP contribution in [-0.2, 0) is 11.3 Å². The van der Waals surface area contributed by atoms with Crippen LogP contribution in [0.5, 0.6) is 0 Å². The largest absolute Gasteiger partial charge is 0.354 e. The third-order valence-corrected chi connectivity index (χ3v) is 3.48. The summed E-state index contributed by atoms with van der Waals surface area (Å²) >= 11 is 0. The van der Waals surface area contributed by atoms with Gasteiger partial charge in [0.05, 0.1) is 12.2 Å². The summed E-state index contributed by atoms with van der Waals surface area (Å²) in [5.74, 6) is 0.571. The Bertz CT molecular complexity index is 450. The summed E-state index contributed by atoms with van der Waals surface area (Å²) in [4.78, 5) is 13.6. The third-order valence-electron chi connectivity index (χ3n) is 3.48. The lowest BCUT2D eigenvalue weighted by Crippen LogP contribution is -2.47. The van der Waals surface area contributed by atoms with Crippen molar-refractivity contribution < 1.29 is 4.79 Å². The minimum Gasteiger partial charge on any atom is -0.354 e. The van der Waals surface area contributed by atoms with Gasteiger partial charge in [-0.25, -0.2) is 0 Å². The van der Waals surface area contributed by atoms with Crippen molar-refractivity contribution >= 4 is 5.91 Å². The fourth-order valence-corrected chi connectivity index (χ4v) is 2.35. The molecule has 1 fully saturated rings. The van der Waals surface area contributed by atoms with Crippen LogP contribution in [0, 0.1) is 0 Å². The van der Waals surface area contributed by atoms with Crippen molar-refractivity contribution in [2.75, 3.05) is 19.6 Å². The number of nitrogens with one attached hydrogen (secondary N) is 1. The van der Waals surface area contributed by atoms with Crippen LogP contribution < -0.4 is 5.32 Å². The van der Waals surface area contributed by atoms with Gasteiger partial charge in [-0.15, -0.1) is 0 Å². The van der Waals surface area contributed by atoms with Gasteiger partial charge in [-0.3, -0.25) is 14.4 Å². The minimum atomic E-state index is 0.112. The van der Waals surface area contributed by atoms with E-state index in [-0.39, 0.29) is 5.91 Å². The van der Waals surface area contributed by atoms with E-state index in [4.69, 9.17) is 5.10 Å². The van der Waals surface area contributed by atoms with Crippen LogP contribution in [0.4, 0.5) is 0 Å². The quantitative estimate of drug-likeness (QED) is 0.897.